The van der Waals surface area contributed by atoms with Gasteiger partial charge in [-0.05, 0) is 17.7 Å². The molecule has 1 atom stereocenters. The summed E-state index contributed by atoms with van der Waals surface area (Å²) in [6.45, 7) is 0. The summed E-state index contributed by atoms with van der Waals surface area (Å²) in [5.74, 6) is -1.08. The van der Waals surface area contributed by atoms with Gasteiger partial charge in [-0.2, -0.15) is 13.2 Å². The van der Waals surface area contributed by atoms with Crippen LogP contribution in [0.5, 0.6) is 0 Å². The second kappa shape index (κ2) is 4.65. The maximum Gasteiger partial charge on any atom is 0.475 e. The van der Waals surface area contributed by atoms with E-state index in [1.165, 1.54) is 12.1 Å². The SMILES string of the molecule is O=C(O)Cc1ccc(S(=O)C(F)(F)F)cc1. The zero-order valence-electron chi connectivity index (χ0n) is 7.82. The van der Waals surface area contributed by atoms with E-state index in [-0.39, 0.29) is 11.3 Å². The molecule has 0 saturated heterocycles. The second-order valence-corrected chi connectivity index (χ2v) is 4.40. The molecule has 0 aromatic heterocycles. The number of benzene rings is 1. The topological polar surface area (TPSA) is 54.4 Å². The Morgan fingerprint density at radius 1 is 1.25 bits per heavy atom. The van der Waals surface area contributed by atoms with Crippen molar-refractivity contribution in [3.05, 3.63) is 29.8 Å². The number of hydrogen-bond acceptors (Lipinski definition) is 2. The average molecular weight is 252 g/mol. The van der Waals surface area contributed by atoms with E-state index in [2.05, 4.69) is 0 Å². The van der Waals surface area contributed by atoms with Gasteiger partial charge >= 0.3 is 11.5 Å². The van der Waals surface area contributed by atoms with Crippen molar-refractivity contribution in [3.63, 3.8) is 0 Å². The molecule has 0 fully saturated rings. The predicted molar refractivity (Wildman–Crippen MR) is 50.2 cm³/mol. The Morgan fingerprint density at radius 2 is 1.75 bits per heavy atom. The predicted octanol–water partition coefficient (Wildman–Crippen LogP) is 1.94. The minimum Gasteiger partial charge on any atom is -0.481 e. The highest BCUT2D eigenvalue weighted by Crippen LogP contribution is 2.26. The molecule has 1 rings (SSSR count). The maximum atomic E-state index is 12.1. The molecule has 0 amide bonds. The minimum atomic E-state index is -4.80. The number of carboxylic acid groups (broad SMARTS) is 1. The molecule has 1 N–H and O–H groups in total. The molecule has 0 aliphatic heterocycles. The number of aliphatic carboxylic acids is 1. The molecule has 0 heterocycles. The fourth-order valence-corrected chi connectivity index (χ4v) is 1.69. The van der Waals surface area contributed by atoms with Crippen LogP contribution in [0.25, 0.3) is 0 Å². The maximum absolute atomic E-state index is 12.1. The summed E-state index contributed by atoms with van der Waals surface area (Å²) >= 11 is 0. The molecule has 3 nitrogen and oxygen atoms in total. The normalized spacial score (nSPS) is 13.4. The molecule has 16 heavy (non-hydrogen) atoms. The lowest BCUT2D eigenvalue weighted by molar-refractivity contribution is -0.136. The van der Waals surface area contributed by atoms with Gasteiger partial charge in [0.1, 0.15) is 0 Å². The van der Waals surface area contributed by atoms with Crippen molar-refractivity contribution >= 4 is 16.8 Å². The first-order chi connectivity index (χ1) is 7.30. The zero-order valence-corrected chi connectivity index (χ0v) is 8.64. The van der Waals surface area contributed by atoms with Crippen LogP contribution in [0.1, 0.15) is 5.56 Å². The van der Waals surface area contributed by atoms with Crippen LogP contribution in [-0.4, -0.2) is 20.8 Å². The van der Waals surface area contributed by atoms with Gasteiger partial charge in [-0.1, -0.05) is 12.1 Å². The molecular formula is C9H7F3O3S. The lowest BCUT2D eigenvalue weighted by Crippen LogP contribution is -2.16. The smallest absolute Gasteiger partial charge is 0.475 e. The largest absolute Gasteiger partial charge is 0.481 e. The first-order valence-corrected chi connectivity index (χ1v) is 5.25. The lowest BCUT2D eigenvalue weighted by Gasteiger charge is -2.06. The average Bonchev–Trinajstić information content (AvgIpc) is 2.15. The number of hydrogen-bond donors (Lipinski definition) is 1. The summed E-state index contributed by atoms with van der Waals surface area (Å²) in [6.07, 6.45) is -0.279. The van der Waals surface area contributed by atoms with E-state index < -0.39 is 22.3 Å². The van der Waals surface area contributed by atoms with Gasteiger partial charge in [0, 0.05) is 4.90 Å². The molecule has 1 aromatic carbocycles. The highest BCUT2D eigenvalue weighted by Gasteiger charge is 2.37. The summed E-state index contributed by atoms with van der Waals surface area (Å²) in [6, 6.07) is 4.46. The Bertz CT molecular complexity index is 411. The fraction of sp³-hybridized carbons (Fsp3) is 0.222. The number of alkyl halides is 3. The molecule has 0 aliphatic carbocycles. The van der Waals surface area contributed by atoms with Crippen molar-refractivity contribution < 1.29 is 27.3 Å². The molecule has 0 bridgehead atoms. The number of carboxylic acids is 1. The van der Waals surface area contributed by atoms with Gasteiger partial charge in [-0.15, -0.1) is 0 Å². The monoisotopic (exact) mass is 252 g/mol. The molecular weight excluding hydrogens is 245 g/mol. The van der Waals surface area contributed by atoms with Crippen LogP contribution in [-0.2, 0) is 22.0 Å². The number of halogens is 3. The van der Waals surface area contributed by atoms with Crippen molar-refractivity contribution in [2.24, 2.45) is 0 Å². The van der Waals surface area contributed by atoms with Crippen LogP contribution in [0.4, 0.5) is 13.2 Å². The van der Waals surface area contributed by atoms with E-state index in [4.69, 9.17) is 5.11 Å². The van der Waals surface area contributed by atoms with Crippen molar-refractivity contribution in [1.29, 1.82) is 0 Å². The first kappa shape index (κ1) is 12.7. The zero-order chi connectivity index (χ0) is 12.3. The summed E-state index contributed by atoms with van der Waals surface area (Å²) in [5, 5.41) is 8.43. The Kier molecular flexibility index (Phi) is 3.69. The van der Waals surface area contributed by atoms with Crippen LogP contribution in [0.2, 0.25) is 0 Å². The van der Waals surface area contributed by atoms with Crippen molar-refractivity contribution in [3.8, 4) is 0 Å². The van der Waals surface area contributed by atoms with Crippen LogP contribution in [0, 0.1) is 0 Å². The van der Waals surface area contributed by atoms with Gasteiger partial charge in [0.25, 0.3) is 0 Å². The van der Waals surface area contributed by atoms with Gasteiger partial charge in [-0.25, -0.2) is 4.21 Å². The third-order valence-corrected chi connectivity index (χ3v) is 2.82. The molecule has 7 heteroatoms. The van der Waals surface area contributed by atoms with Crippen LogP contribution >= 0.6 is 0 Å². The molecule has 0 saturated carbocycles. The van der Waals surface area contributed by atoms with E-state index in [0.717, 1.165) is 12.1 Å². The standard InChI is InChI=1S/C9H7F3O3S/c10-9(11,12)16(15)7-3-1-6(2-4-7)5-8(13)14/h1-4H,5H2,(H,13,14). The van der Waals surface area contributed by atoms with E-state index in [9.17, 15) is 22.2 Å². The summed E-state index contributed by atoms with van der Waals surface area (Å²) < 4.78 is 47.0. The van der Waals surface area contributed by atoms with E-state index in [1.807, 2.05) is 0 Å². The summed E-state index contributed by atoms with van der Waals surface area (Å²) in [5.41, 5.74) is -4.44. The van der Waals surface area contributed by atoms with Gasteiger partial charge in [0.15, 0.2) is 10.8 Å². The van der Waals surface area contributed by atoms with Crippen molar-refractivity contribution in [1.82, 2.24) is 0 Å². The first-order valence-electron chi connectivity index (χ1n) is 4.10. The van der Waals surface area contributed by atoms with Crippen LogP contribution < -0.4 is 0 Å². The fourth-order valence-electron chi connectivity index (χ4n) is 1.04. The van der Waals surface area contributed by atoms with Gasteiger partial charge < -0.3 is 5.11 Å². The molecule has 0 radical (unpaired) electrons. The van der Waals surface area contributed by atoms with E-state index in [0.29, 0.717) is 5.56 Å². The molecule has 88 valence electrons. The highest BCUT2D eigenvalue weighted by atomic mass is 32.2. The van der Waals surface area contributed by atoms with Gasteiger partial charge in [0.05, 0.1) is 6.42 Å². The number of carbonyl (C=O) groups is 1. The number of rotatable bonds is 3. The molecule has 0 aliphatic rings. The van der Waals surface area contributed by atoms with E-state index in [1.54, 1.807) is 0 Å². The highest BCUT2D eigenvalue weighted by molar-refractivity contribution is 7.86. The third kappa shape index (κ3) is 3.34. The lowest BCUT2D eigenvalue weighted by atomic mass is 10.2. The van der Waals surface area contributed by atoms with Crippen LogP contribution in [0.3, 0.4) is 0 Å². The quantitative estimate of drug-likeness (QED) is 0.894. The molecule has 1 aromatic rings. The van der Waals surface area contributed by atoms with Crippen molar-refractivity contribution in [2.45, 2.75) is 16.8 Å². The van der Waals surface area contributed by atoms with E-state index >= 15 is 0 Å². The van der Waals surface area contributed by atoms with Crippen molar-refractivity contribution in [2.75, 3.05) is 0 Å². The Hall–Kier alpha value is -1.37. The summed E-state index contributed by atoms with van der Waals surface area (Å²) in [7, 11) is -3.07. The Labute approximate surface area is 91.4 Å². The molecule has 0 spiro atoms. The van der Waals surface area contributed by atoms with Gasteiger partial charge in [-0.3, -0.25) is 4.79 Å². The Balaban J connectivity index is 2.87. The van der Waals surface area contributed by atoms with Crippen LogP contribution in [0.15, 0.2) is 29.2 Å². The summed E-state index contributed by atoms with van der Waals surface area (Å²) in [4.78, 5) is 9.92. The third-order valence-electron chi connectivity index (χ3n) is 1.70. The molecule has 1 unspecified atom stereocenters. The second-order valence-electron chi connectivity index (χ2n) is 2.93. The van der Waals surface area contributed by atoms with Gasteiger partial charge in [0.2, 0.25) is 0 Å². The minimum absolute atomic E-state index is 0.279. The Morgan fingerprint density at radius 3 is 2.12 bits per heavy atom.